The fraction of sp³-hybridized carbons (Fsp3) is 0.133. The Labute approximate surface area is 121 Å². The number of nitrogens with one attached hydrogen (secondary N) is 1. The summed E-state index contributed by atoms with van der Waals surface area (Å²) < 4.78 is 0. The van der Waals surface area contributed by atoms with E-state index in [0.717, 1.165) is 11.3 Å². The van der Waals surface area contributed by atoms with E-state index in [1.807, 2.05) is 12.1 Å². The number of carbonyl (C=O) groups excluding carboxylic acids is 1. The summed E-state index contributed by atoms with van der Waals surface area (Å²) in [5, 5.41) is 11.5. The molecule has 100 valence electrons. The molecule has 1 amide bonds. The van der Waals surface area contributed by atoms with Gasteiger partial charge in [0.25, 0.3) is 0 Å². The van der Waals surface area contributed by atoms with Gasteiger partial charge in [0.05, 0.1) is 29.3 Å². The molecule has 20 heavy (non-hydrogen) atoms. The van der Waals surface area contributed by atoms with E-state index in [2.05, 4.69) is 16.4 Å². The Hall–Kier alpha value is -2.32. The Bertz CT molecular complexity index is 605. The smallest absolute Gasteiger partial charge is 0.234 e. The molecule has 2 aromatic rings. The average Bonchev–Trinajstić information content (AvgIpc) is 2.49. The minimum absolute atomic E-state index is 0.0448. The molecule has 4 nitrogen and oxygen atoms in total. The Morgan fingerprint density at radius 2 is 2.10 bits per heavy atom. The lowest BCUT2D eigenvalue weighted by atomic mass is 10.2. The molecule has 1 heterocycles. The Morgan fingerprint density at radius 1 is 1.30 bits per heavy atom. The topological polar surface area (TPSA) is 65.8 Å². The first kappa shape index (κ1) is 14.1. The molecular formula is C15H13N3OS. The monoisotopic (exact) mass is 283 g/mol. The number of hydrogen-bond donors (Lipinski definition) is 1. The van der Waals surface area contributed by atoms with Crippen LogP contribution >= 0.6 is 11.8 Å². The Kier molecular flexibility index (Phi) is 5.15. The van der Waals surface area contributed by atoms with E-state index in [9.17, 15) is 4.79 Å². The predicted octanol–water partition coefficient (Wildman–Crippen LogP) is 2.83. The molecule has 0 bridgehead atoms. The van der Waals surface area contributed by atoms with Gasteiger partial charge in [-0.1, -0.05) is 12.1 Å². The summed E-state index contributed by atoms with van der Waals surface area (Å²) in [6.45, 7) is 0. The quantitative estimate of drug-likeness (QED) is 0.916. The maximum atomic E-state index is 11.7. The summed E-state index contributed by atoms with van der Waals surface area (Å²) >= 11 is 1.53. The molecule has 1 aromatic heterocycles. The highest BCUT2D eigenvalue weighted by Crippen LogP contribution is 2.13. The van der Waals surface area contributed by atoms with Crippen molar-refractivity contribution in [3.63, 3.8) is 0 Å². The van der Waals surface area contributed by atoms with Crippen LogP contribution in [0.25, 0.3) is 0 Å². The van der Waals surface area contributed by atoms with Crippen LogP contribution in [0.5, 0.6) is 0 Å². The zero-order valence-corrected chi connectivity index (χ0v) is 11.6. The second-order valence-electron chi connectivity index (χ2n) is 4.09. The van der Waals surface area contributed by atoms with Crippen LogP contribution in [0.3, 0.4) is 0 Å². The van der Waals surface area contributed by atoms with Gasteiger partial charge in [-0.05, 0) is 29.8 Å². The lowest BCUT2D eigenvalue weighted by molar-refractivity contribution is -0.113. The number of anilines is 1. The van der Waals surface area contributed by atoms with Crippen LogP contribution in [0.1, 0.15) is 11.1 Å². The fourth-order valence-electron chi connectivity index (χ4n) is 1.57. The number of thioether (sulfide) groups is 1. The number of rotatable bonds is 5. The summed E-state index contributed by atoms with van der Waals surface area (Å²) in [5.74, 6) is 1.08. The number of pyridine rings is 1. The number of nitriles is 1. The average molecular weight is 283 g/mol. The van der Waals surface area contributed by atoms with E-state index in [-0.39, 0.29) is 5.91 Å². The first-order valence-corrected chi connectivity index (χ1v) is 7.20. The predicted molar refractivity (Wildman–Crippen MR) is 80.2 cm³/mol. The van der Waals surface area contributed by atoms with Gasteiger partial charge in [0.2, 0.25) is 5.91 Å². The highest BCUT2D eigenvalue weighted by Gasteiger charge is 2.03. The molecule has 0 saturated carbocycles. The van der Waals surface area contributed by atoms with Crippen molar-refractivity contribution in [3.05, 3.63) is 59.9 Å². The first-order valence-electron chi connectivity index (χ1n) is 6.04. The van der Waals surface area contributed by atoms with Crippen molar-refractivity contribution in [1.82, 2.24) is 4.98 Å². The lowest BCUT2D eigenvalue weighted by Gasteiger charge is -2.04. The molecular weight excluding hydrogens is 270 g/mol. The third-order valence-corrected chi connectivity index (χ3v) is 3.53. The third kappa shape index (κ3) is 4.41. The van der Waals surface area contributed by atoms with Gasteiger partial charge in [-0.2, -0.15) is 5.26 Å². The number of nitrogens with zero attached hydrogens (tertiary/aromatic N) is 2. The minimum atomic E-state index is -0.0448. The third-order valence-electron chi connectivity index (χ3n) is 2.53. The van der Waals surface area contributed by atoms with Gasteiger partial charge >= 0.3 is 0 Å². The van der Waals surface area contributed by atoms with Crippen LogP contribution in [0.2, 0.25) is 0 Å². The molecule has 0 radical (unpaired) electrons. The molecule has 0 spiro atoms. The summed E-state index contributed by atoms with van der Waals surface area (Å²) in [6, 6.07) is 13.0. The van der Waals surface area contributed by atoms with Crippen molar-refractivity contribution in [2.75, 3.05) is 11.1 Å². The molecule has 0 saturated heterocycles. The molecule has 0 aliphatic rings. The van der Waals surface area contributed by atoms with E-state index in [1.165, 1.54) is 11.8 Å². The summed E-state index contributed by atoms with van der Waals surface area (Å²) in [5.41, 5.74) is 2.45. The second-order valence-corrected chi connectivity index (χ2v) is 5.08. The van der Waals surface area contributed by atoms with E-state index < -0.39 is 0 Å². The molecule has 0 atom stereocenters. The van der Waals surface area contributed by atoms with E-state index in [0.29, 0.717) is 17.0 Å². The number of benzene rings is 1. The van der Waals surface area contributed by atoms with Crippen molar-refractivity contribution < 1.29 is 4.79 Å². The molecule has 1 N–H and O–H groups in total. The molecule has 0 aliphatic heterocycles. The summed E-state index contributed by atoms with van der Waals surface area (Å²) in [4.78, 5) is 15.6. The molecule has 0 fully saturated rings. The number of aromatic nitrogens is 1. The maximum Gasteiger partial charge on any atom is 0.234 e. The molecule has 0 unspecified atom stereocenters. The van der Waals surface area contributed by atoms with E-state index in [1.54, 1.807) is 36.7 Å². The van der Waals surface area contributed by atoms with Crippen molar-refractivity contribution in [1.29, 1.82) is 5.26 Å². The Morgan fingerprint density at radius 3 is 2.75 bits per heavy atom. The molecule has 5 heteroatoms. The van der Waals surface area contributed by atoms with Gasteiger partial charge < -0.3 is 5.32 Å². The van der Waals surface area contributed by atoms with Crippen LogP contribution in [-0.4, -0.2) is 16.6 Å². The van der Waals surface area contributed by atoms with Crippen molar-refractivity contribution >= 4 is 23.4 Å². The Balaban J connectivity index is 1.75. The van der Waals surface area contributed by atoms with Gasteiger partial charge in [0.1, 0.15) is 0 Å². The zero-order chi connectivity index (χ0) is 14.2. The standard InChI is InChI=1S/C15H13N3OS/c16-8-12-3-5-13(6-4-12)10-20-11-15(19)18-14-2-1-7-17-9-14/h1-7,9H,10-11H2,(H,18,19). The minimum Gasteiger partial charge on any atom is -0.324 e. The first-order chi connectivity index (χ1) is 9.78. The normalized spacial score (nSPS) is 9.75. The maximum absolute atomic E-state index is 11.7. The highest BCUT2D eigenvalue weighted by molar-refractivity contribution is 7.99. The van der Waals surface area contributed by atoms with Gasteiger partial charge in [0, 0.05) is 11.9 Å². The number of hydrogen-bond acceptors (Lipinski definition) is 4. The molecule has 0 aliphatic carbocycles. The molecule has 1 aromatic carbocycles. The van der Waals surface area contributed by atoms with Gasteiger partial charge in [-0.25, -0.2) is 0 Å². The summed E-state index contributed by atoms with van der Waals surface area (Å²) in [6.07, 6.45) is 3.28. The fourth-order valence-corrected chi connectivity index (χ4v) is 2.36. The number of amides is 1. The van der Waals surface area contributed by atoms with E-state index in [4.69, 9.17) is 5.26 Å². The largest absolute Gasteiger partial charge is 0.324 e. The van der Waals surface area contributed by atoms with Crippen LogP contribution < -0.4 is 5.32 Å². The lowest BCUT2D eigenvalue weighted by Crippen LogP contribution is -2.14. The zero-order valence-electron chi connectivity index (χ0n) is 10.7. The van der Waals surface area contributed by atoms with Crippen LogP contribution in [0.4, 0.5) is 5.69 Å². The highest BCUT2D eigenvalue weighted by atomic mass is 32.2. The summed E-state index contributed by atoms with van der Waals surface area (Å²) in [7, 11) is 0. The van der Waals surface area contributed by atoms with Crippen molar-refractivity contribution in [2.24, 2.45) is 0 Å². The second kappa shape index (κ2) is 7.31. The van der Waals surface area contributed by atoms with Crippen LogP contribution in [0, 0.1) is 11.3 Å². The van der Waals surface area contributed by atoms with Gasteiger partial charge in [0.15, 0.2) is 0 Å². The van der Waals surface area contributed by atoms with Gasteiger partial charge in [-0.3, -0.25) is 9.78 Å². The van der Waals surface area contributed by atoms with Crippen molar-refractivity contribution in [2.45, 2.75) is 5.75 Å². The van der Waals surface area contributed by atoms with Crippen LogP contribution in [0.15, 0.2) is 48.8 Å². The van der Waals surface area contributed by atoms with Gasteiger partial charge in [-0.15, -0.1) is 11.8 Å². The molecule has 2 rings (SSSR count). The van der Waals surface area contributed by atoms with Crippen LogP contribution in [-0.2, 0) is 10.5 Å². The number of carbonyl (C=O) groups is 1. The SMILES string of the molecule is N#Cc1ccc(CSCC(=O)Nc2cccnc2)cc1. The van der Waals surface area contributed by atoms with Crippen molar-refractivity contribution in [3.8, 4) is 6.07 Å². The van der Waals surface area contributed by atoms with E-state index >= 15 is 0 Å².